The van der Waals surface area contributed by atoms with Crippen LogP contribution in [-0.2, 0) is 9.53 Å². The van der Waals surface area contributed by atoms with Gasteiger partial charge >= 0.3 is 0 Å². The van der Waals surface area contributed by atoms with E-state index < -0.39 is 5.41 Å². The molecule has 4 heterocycles. The van der Waals surface area contributed by atoms with Gasteiger partial charge < -0.3 is 19.7 Å². The van der Waals surface area contributed by atoms with Crippen molar-refractivity contribution < 1.29 is 14.3 Å². The van der Waals surface area contributed by atoms with Crippen LogP contribution in [0.1, 0.15) is 32.1 Å². The Morgan fingerprint density at radius 3 is 2.61 bits per heavy atom. The van der Waals surface area contributed by atoms with Crippen molar-refractivity contribution in [2.75, 3.05) is 30.0 Å². The number of ether oxygens (including phenoxy) is 2. The number of carbonyl (C=O) groups is 1. The molecule has 8 nitrogen and oxygen atoms in total. The van der Waals surface area contributed by atoms with Gasteiger partial charge in [-0.1, -0.05) is 0 Å². The van der Waals surface area contributed by atoms with Crippen molar-refractivity contribution in [3.8, 4) is 11.8 Å². The van der Waals surface area contributed by atoms with Gasteiger partial charge in [0.1, 0.15) is 28.9 Å². The minimum absolute atomic E-state index is 0.0837. The number of aromatic nitrogens is 2. The Morgan fingerprint density at radius 2 is 1.87 bits per heavy atom. The van der Waals surface area contributed by atoms with Crippen LogP contribution in [0.25, 0.3) is 0 Å². The van der Waals surface area contributed by atoms with E-state index in [-0.39, 0.29) is 17.9 Å². The summed E-state index contributed by atoms with van der Waals surface area (Å²) in [4.78, 5) is 23.5. The maximum atomic E-state index is 13.1. The van der Waals surface area contributed by atoms with Gasteiger partial charge in [-0.2, -0.15) is 5.26 Å². The first-order chi connectivity index (χ1) is 15.2. The highest BCUT2D eigenvalue weighted by Gasteiger charge is 2.56. The van der Waals surface area contributed by atoms with E-state index in [1.807, 2.05) is 24.3 Å². The zero-order chi connectivity index (χ0) is 21.3. The van der Waals surface area contributed by atoms with Gasteiger partial charge in [0.25, 0.3) is 0 Å². The van der Waals surface area contributed by atoms with Crippen molar-refractivity contribution >= 4 is 23.2 Å². The molecule has 1 aliphatic carbocycles. The van der Waals surface area contributed by atoms with Crippen LogP contribution in [0.2, 0.25) is 0 Å². The van der Waals surface area contributed by atoms with E-state index in [9.17, 15) is 10.1 Å². The predicted octanol–water partition coefficient (Wildman–Crippen LogP) is 3.43. The lowest BCUT2D eigenvalue weighted by Gasteiger charge is -2.23. The quantitative estimate of drug-likeness (QED) is 0.765. The van der Waals surface area contributed by atoms with E-state index in [4.69, 9.17) is 9.47 Å². The van der Waals surface area contributed by atoms with Crippen LogP contribution in [0.5, 0.6) is 5.75 Å². The van der Waals surface area contributed by atoms with E-state index in [2.05, 4.69) is 21.4 Å². The molecule has 1 atom stereocenters. The first-order valence-electron chi connectivity index (χ1n) is 10.8. The number of pyridine rings is 2. The summed E-state index contributed by atoms with van der Waals surface area (Å²) >= 11 is 0. The maximum absolute atomic E-state index is 13.1. The number of anilines is 3. The molecule has 0 unspecified atom stereocenters. The third kappa shape index (κ3) is 3.93. The molecule has 160 valence electrons. The molecule has 0 bridgehead atoms. The average Bonchev–Trinajstić information content (AvgIpc) is 3.59. The monoisotopic (exact) mass is 419 g/mol. The van der Waals surface area contributed by atoms with Gasteiger partial charge in [-0.15, -0.1) is 0 Å². The summed E-state index contributed by atoms with van der Waals surface area (Å²) in [5.74, 6) is 2.07. The number of nitriles is 1. The molecule has 5 rings (SSSR count). The molecule has 0 spiro atoms. The van der Waals surface area contributed by atoms with Crippen LogP contribution >= 0.6 is 0 Å². The number of rotatable bonds is 6. The highest BCUT2D eigenvalue weighted by Crippen LogP contribution is 2.51. The van der Waals surface area contributed by atoms with Crippen molar-refractivity contribution in [3.63, 3.8) is 0 Å². The van der Waals surface area contributed by atoms with Gasteiger partial charge in [0.05, 0.1) is 19.3 Å². The zero-order valence-electron chi connectivity index (χ0n) is 17.3. The second-order valence-corrected chi connectivity index (χ2v) is 8.39. The predicted molar refractivity (Wildman–Crippen MR) is 114 cm³/mol. The Bertz CT molecular complexity index is 1010. The Kier molecular flexibility index (Phi) is 5.20. The molecule has 2 aromatic rings. The highest BCUT2D eigenvalue weighted by atomic mass is 16.5. The lowest BCUT2D eigenvalue weighted by atomic mass is 9.83. The van der Waals surface area contributed by atoms with Crippen LogP contribution in [0.15, 0.2) is 36.7 Å². The first kappa shape index (κ1) is 19.8. The number of hydrogen-bond donors (Lipinski definition) is 1. The third-order valence-corrected chi connectivity index (χ3v) is 6.34. The number of amides is 1. The van der Waals surface area contributed by atoms with E-state index >= 15 is 0 Å². The minimum Gasteiger partial charge on any atom is -0.490 e. The number of hydrogen-bond acceptors (Lipinski definition) is 7. The molecule has 3 aliphatic rings. The standard InChI is InChI=1S/C23H25N5O3/c24-15-23(16-1-2-16)7-10-28(22(23)29)17-3-8-25-20(13-17)27-21-14-19(4-9-26-21)31-18-5-11-30-12-6-18/h3-4,8-9,13-14,16,18H,1-2,5-7,10-12H2,(H,25,26,27)/t23-/m1/s1. The Hall–Kier alpha value is -3.18. The fourth-order valence-corrected chi connectivity index (χ4v) is 4.46. The molecule has 2 aromatic heterocycles. The highest BCUT2D eigenvalue weighted by molar-refractivity contribution is 6.02. The fraction of sp³-hybridized carbons (Fsp3) is 0.478. The second-order valence-electron chi connectivity index (χ2n) is 8.39. The van der Waals surface area contributed by atoms with Crippen molar-refractivity contribution in [1.82, 2.24) is 9.97 Å². The molecule has 31 heavy (non-hydrogen) atoms. The minimum atomic E-state index is -0.853. The number of carbonyl (C=O) groups excluding carboxylic acids is 1. The normalized spacial score (nSPS) is 24.1. The molecule has 1 amide bonds. The van der Waals surface area contributed by atoms with E-state index in [0.29, 0.717) is 24.6 Å². The van der Waals surface area contributed by atoms with Gasteiger partial charge in [-0.05, 0) is 37.3 Å². The summed E-state index contributed by atoms with van der Waals surface area (Å²) in [6, 6.07) is 9.65. The summed E-state index contributed by atoms with van der Waals surface area (Å²) in [5, 5.41) is 12.9. The molecule has 8 heteroatoms. The van der Waals surface area contributed by atoms with Crippen LogP contribution in [0.4, 0.5) is 17.3 Å². The Morgan fingerprint density at radius 1 is 1.13 bits per heavy atom. The van der Waals surface area contributed by atoms with E-state index in [1.165, 1.54) is 0 Å². The lowest BCUT2D eigenvalue weighted by Crippen LogP contribution is -2.35. The van der Waals surface area contributed by atoms with Gasteiger partial charge in [-0.3, -0.25) is 4.79 Å². The SMILES string of the molecule is N#C[C@@]1(C2CC2)CCN(c2ccnc(Nc3cc(OC4CCOCC4)ccn3)c2)C1=O. The largest absolute Gasteiger partial charge is 0.490 e. The number of nitrogens with zero attached hydrogens (tertiary/aromatic N) is 4. The maximum Gasteiger partial charge on any atom is 0.247 e. The summed E-state index contributed by atoms with van der Waals surface area (Å²) in [7, 11) is 0. The van der Waals surface area contributed by atoms with Crippen molar-refractivity contribution in [2.24, 2.45) is 11.3 Å². The van der Waals surface area contributed by atoms with E-state index in [1.54, 1.807) is 17.3 Å². The molecule has 1 N–H and O–H groups in total. The van der Waals surface area contributed by atoms with Crippen LogP contribution in [0, 0.1) is 22.7 Å². The summed E-state index contributed by atoms with van der Waals surface area (Å²) in [5.41, 5.74) is -0.108. The average molecular weight is 419 g/mol. The van der Waals surface area contributed by atoms with Gasteiger partial charge in [0, 0.05) is 49.6 Å². The Balaban J connectivity index is 1.29. The lowest BCUT2D eigenvalue weighted by molar-refractivity contribution is -0.123. The Labute approximate surface area is 181 Å². The fourth-order valence-electron chi connectivity index (χ4n) is 4.46. The van der Waals surface area contributed by atoms with Gasteiger partial charge in [-0.25, -0.2) is 9.97 Å². The van der Waals surface area contributed by atoms with Crippen LogP contribution in [0.3, 0.4) is 0 Å². The molecule has 0 aromatic carbocycles. The second kappa shape index (κ2) is 8.16. The van der Waals surface area contributed by atoms with Crippen molar-refractivity contribution in [2.45, 2.75) is 38.2 Å². The molecule has 2 saturated heterocycles. The zero-order valence-corrected chi connectivity index (χ0v) is 17.3. The smallest absolute Gasteiger partial charge is 0.247 e. The molecular formula is C23H25N5O3. The topological polar surface area (TPSA) is 100 Å². The molecule has 0 radical (unpaired) electrons. The molecule has 3 fully saturated rings. The van der Waals surface area contributed by atoms with Crippen molar-refractivity contribution in [3.05, 3.63) is 36.7 Å². The molecule has 1 saturated carbocycles. The number of nitrogens with one attached hydrogen (secondary N) is 1. The van der Waals surface area contributed by atoms with Gasteiger partial charge in [0.2, 0.25) is 5.91 Å². The first-order valence-corrected chi connectivity index (χ1v) is 10.8. The summed E-state index contributed by atoms with van der Waals surface area (Å²) in [6.45, 7) is 2.00. The summed E-state index contributed by atoms with van der Waals surface area (Å²) in [6.07, 6.45) is 7.79. The van der Waals surface area contributed by atoms with Gasteiger partial charge in [0.15, 0.2) is 0 Å². The molecular weight excluding hydrogens is 394 g/mol. The summed E-state index contributed by atoms with van der Waals surface area (Å²) < 4.78 is 11.4. The van der Waals surface area contributed by atoms with Crippen LogP contribution < -0.4 is 15.0 Å². The van der Waals surface area contributed by atoms with Crippen LogP contribution in [-0.4, -0.2) is 41.7 Å². The molecule has 2 aliphatic heterocycles. The van der Waals surface area contributed by atoms with E-state index in [0.717, 1.165) is 50.3 Å². The van der Waals surface area contributed by atoms with Crippen molar-refractivity contribution in [1.29, 1.82) is 5.26 Å². The third-order valence-electron chi connectivity index (χ3n) is 6.34.